The molecule has 0 saturated carbocycles. The van der Waals surface area contributed by atoms with Crippen molar-refractivity contribution >= 4 is 40.1 Å². The van der Waals surface area contributed by atoms with Crippen molar-refractivity contribution in [1.82, 2.24) is 9.80 Å². The van der Waals surface area contributed by atoms with E-state index in [0.29, 0.717) is 25.4 Å². The predicted molar refractivity (Wildman–Crippen MR) is 112 cm³/mol. The zero-order valence-corrected chi connectivity index (χ0v) is 17.4. The van der Waals surface area contributed by atoms with E-state index < -0.39 is 0 Å². The van der Waals surface area contributed by atoms with Crippen molar-refractivity contribution in [3.05, 3.63) is 52.5 Å². The first kappa shape index (κ1) is 21.3. The number of carbonyl (C=O) groups is 1. The van der Waals surface area contributed by atoms with Crippen molar-refractivity contribution in [2.75, 3.05) is 38.6 Å². The third-order valence-electron chi connectivity index (χ3n) is 4.42. The molecule has 146 valence electrons. The first-order chi connectivity index (χ1) is 12.6. The van der Waals surface area contributed by atoms with Crippen LogP contribution in [-0.2, 0) is 6.54 Å². The summed E-state index contributed by atoms with van der Waals surface area (Å²) in [5.74, 6) is 0.621. The predicted octanol–water partition coefficient (Wildman–Crippen LogP) is 3.93. The average molecular weight is 457 g/mol. The second-order valence-corrected chi connectivity index (χ2v) is 7.09. The molecule has 2 N–H and O–H groups in total. The minimum atomic E-state index is -0.0807. The first-order valence-corrected chi connectivity index (χ1v) is 9.25. The molecule has 0 atom stereocenters. The lowest BCUT2D eigenvalue weighted by atomic mass is 10.1. The number of methoxy groups -OCH3 is 1. The van der Waals surface area contributed by atoms with Gasteiger partial charge >= 0.3 is 6.03 Å². The van der Waals surface area contributed by atoms with Gasteiger partial charge in [0.1, 0.15) is 0 Å². The summed E-state index contributed by atoms with van der Waals surface area (Å²) < 4.78 is 6.06. The highest BCUT2D eigenvalue weighted by Crippen LogP contribution is 2.34. The molecule has 0 aromatic heterocycles. The van der Waals surface area contributed by atoms with Crippen LogP contribution in [0.25, 0.3) is 0 Å². The molecule has 2 aromatic carbocycles. The second-order valence-electron chi connectivity index (χ2n) is 6.18. The van der Waals surface area contributed by atoms with Gasteiger partial charge in [-0.1, -0.05) is 34.1 Å². The molecule has 0 aliphatic carbocycles. The van der Waals surface area contributed by atoms with E-state index >= 15 is 0 Å². The molecule has 1 aliphatic heterocycles. The van der Waals surface area contributed by atoms with Crippen LogP contribution in [0.2, 0.25) is 0 Å². The Morgan fingerprint density at radius 2 is 1.85 bits per heavy atom. The fourth-order valence-electron chi connectivity index (χ4n) is 2.98. The van der Waals surface area contributed by atoms with Crippen LogP contribution >= 0.6 is 28.3 Å². The molecule has 0 unspecified atom stereocenters. The third-order valence-corrected chi connectivity index (χ3v) is 4.87. The Kier molecular flexibility index (Phi) is 7.77. The van der Waals surface area contributed by atoms with Crippen LogP contribution in [0.4, 0.5) is 10.5 Å². The first-order valence-electron chi connectivity index (χ1n) is 8.45. The fraction of sp³-hybridized carbons (Fsp3) is 0.316. The van der Waals surface area contributed by atoms with Crippen molar-refractivity contribution in [2.45, 2.75) is 6.54 Å². The van der Waals surface area contributed by atoms with Gasteiger partial charge in [0.15, 0.2) is 11.5 Å². The lowest BCUT2D eigenvalue weighted by Gasteiger charge is -2.34. The monoisotopic (exact) mass is 455 g/mol. The number of nitrogens with one attached hydrogen (secondary N) is 1. The van der Waals surface area contributed by atoms with Gasteiger partial charge in [0.05, 0.1) is 7.11 Å². The van der Waals surface area contributed by atoms with Gasteiger partial charge in [-0.05, 0) is 24.3 Å². The summed E-state index contributed by atoms with van der Waals surface area (Å²) in [4.78, 5) is 16.4. The number of phenols is 1. The molecule has 2 aromatic rings. The van der Waals surface area contributed by atoms with Crippen molar-refractivity contribution in [1.29, 1.82) is 0 Å². The van der Waals surface area contributed by atoms with Gasteiger partial charge < -0.3 is 20.1 Å². The summed E-state index contributed by atoms with van der Waals surface area (Å²) >= 11 is 3.44. The Morgan fingerprint density at radius 3 is 2.48 bits per heavy atom. The lowest BCUT2D eigenvalue weighted by Crippen LogP contribution is -2.49. The highest BCUT2D eigenvalue weighted by molar-refractivity contribution is 9.10. The van der Waals surface area contributed by atoms with E-state index in [1.54, 1.807) is 6.07 Å². The summed E-state index contributed by atoms with van der Waals surface area (Å²) in [5.41, 5.74) is 1.60. The number of benzene rings is 2. The van der Waals surface area contributed by atoms with Crippen LogP contribution in [-0.4, -0.2) is 54.2 Å². The van der Waals surface area contributed by atoms with Gasteiger partial charge in [0, 0.05) is 48.4 Å². The number of piperazine rings is 1. The van der Waals surface area contributed by atoms with Crippen molar-refractivity contribution < 1.29 is 14.6 Å². The quantitative estimate of drug-likeness (QED) is 0.731. The normalized spacial score (nSPS) is 14.4. The summed E-state index contributed by atoms with van der Waals surface area (Å²) in [6.07, 6.45) is 0. The number of para-hydroxylation sites is 1. The van der Waals surface area contributed by atoms with E-state index in [4.69, 9.17) is 4.74 Å². The van der Waals surface area contributed by atoms with Crippen LogP contribution in [0, 0.1) is 0 Å². The van der Waals surface area contributed by atoms with Crippen LogP contribution < -0.4 is 10.1 Å². The third kappa shape index (κ3) is 5.51. The number of hydrogen-bond acceptors (Lipinski definition) is 4. The number of hydrogen-bond donors (Lipinski definition) is 2. The molecule has 0 spiro atoms. The zero-order chi connectivity index (χ0) is 18.5. The van der Waals surface area contributed by atoms with Gasteiger partial charge in [-0.2, -0.15) is 0 Å². The molecule has 1 aliphatic rings. The molecule has 6 nitrogen and oxygen atoms in total. The smallest absolute Gasteiger partial charge is 0.321 e. The van der Waals surface area contributed by atoms with Gasteiger partial charge in [-0.3, -0.25) is 4.90 Å². The van der Waals surface area contributed by atoms with Gasteiger partial charge in [-0.15, -0.1) is 12.4 Å². The van der Waals surface area contributed by atoms with Crippen molar-refractivity contribution in [3.8, 4) is 11.5 Å². The van der Waals surface area contributed by atoms with E-state index in [-0.39, 0.29) is 24.2 Å². The number of aromatic hydroxyl groups is 1. The number of anilines is 1. The number of phenolic OH excluding ortho intramolecular Hbond substituents is 1. The molecule has 8 heteroatoms. The van der Waals surface area contributed by atoms with Gasteiger partial charge in [0.2, 0.25) is 0 Å². The highest BCUT2D eigenvalue weighted by atomic mass is 79.9. The summed E-state index contributed by atoms with van der Waals surface area (Å²) in [6, 6.07) is 13.0. The molecule has 0 bridgehead atoms. The van der Waals surface area contributed by atoms with Crippen LogP contribution in [0.1, 0.15) is 5.56 Å². The Balaban J connectivity index is 0.00000261. The van der Waals surface area contributed by atoms with E-state index in [1.807, 2.05) is 41.3 Å². The Labute approximate surface area is 173 Å². The summed E-state index contributed by atoms with van der Waals surface area (Å²) in [5, 5.41) is 13.2. The molecule has 2 amide bonds. The minimum absolute atomic E-state index is 0. The minimum Gasteiger partial charge on any atom is -0.504 e. The molecule has 1 heterocycles. The Bertz CT molecular complexity index is 768. The summed E-state index contributed by atoms with van der Waals surface area (Å²) in [7, 11) is 1.54. The van der Waals surface area contributed by atoms with Gasteiger partial charge in [-0.25, -0.2) is 4.79 Å². The average Bonchev–Trinajstić information content (AvgIpc) is 2.65. The van der Waals surface area contributed by atoms with E-state index in [0.717, 1.165) is 28.8 Å². The van der Waals surface area contributed by atoms with Crippen LogP contribution in [0.5, 0.6) is 11.5 Å². The lowest BCUT2D eigenvalue weighted by molar-refractivity contribution is 0.142. The van der Waals surface area contributed by atoms with E-state index in [1.165, 1.54) is 7.11 Å². The molecular formula is C19H23BrClN3O3. The van der Waals surface area contributed by atoms with Crippen molar-refractivity contribution in [3.63, 3.8) is 0 Å². The number of urea groups is 1. The number of carbonyl (C=O) groups excluding carboxylic acids is 1. The number of ether oxygens (including phenoxy) is 1. The maximum absolute atomic E-state index is 12.3. The SMILES string of the molecule is COc1cc(Br)cc(CN2CCN(C(=O)Nc3ccccc3)CC2)c1O.Cl. The van der Waals surface area contributed by atoms with Crippen LogP contribution in [0.3, 0.4) is 0 Å². The number of nitrogens with zero attached hydrogens (tertiary/aromatic N) is 2. The standard InChI is InChI=1S/C19H22BrN3O3.ClH/c1-26-17-12-15(20)11-14(18(17)24)13-22-7-9-23(10-8-22)19(25)21-16-5-3-2-4-6-16;/h2-6,11-12,24H,7-10,13H2,1H3,(H,21,25);1H. The second kappa shape index (κ2) is 9.82. The van der Waals surface area contributed by atoms with Gasteiger partial charge in [0.25, 0.3) is 0 Å². The molecule has 0 radical (unpaired) electrons. The van der Waals surface area contributed by atoms with Crippen LogP contribution in [0.15, 0.2) is 46.9 Å². The molecule has 1 fully saturated rings. The maximum Gasteiger partial charge on any atom is 0.321 e. The molecule has 1 saturated heterocycles. The topological polar surface area (TPSA) is 65.0 Å². The van der Waals surface area contributed by atoms with E-state index in [9.17, 15) is 9.90 Å². The number of rotatable bonds is 4. The highest BCUT2D eigenvalue weighted by Gasteiger charge is 2.22. The molecule has 3 rings (SSSR count). The molecular weight excluding hydrogens is 434 g/mol. The number of halogens is 2. The zero-order valence-electron chi connectivity index (χ0n) is 15.0. The maximum atomic E-state index is 12.3. The largest absolute Gasteiger partial charge is 0.504 e. The van der Waals surface area contributed by atoms with E-state index in [2.05, 4.69) is 26.1 Å². The molecule has 27 heavy (non-hydrogen) atoms. The summed E-state index contributed by atoms with van der Waals surface area (Å²) in [6.45, 7) is 3.39. The number of amides is 2. The Hall–Kier alpha value is -1.96. The van der Waals surface area contributed by atoms with Crippen molar-refractivity contribution in [2.24, 2.45) is 0 Å². The Morgan fingerprint density at radius 1 is 1.19 bits per heavy atom. The fourth-order valence-corrected chi connectivity index (χ4v) is 3.46.